The van der Waals surface area contributed by atoms with Gasteiger partial charge >= 0.3 is 0 Å². The number of phenolic OH excluding ortho intramolecular Hbond substituents is 1. The molecule has 0 bridgehead atoms. The van der Waals surface area contributed by atoms with Gasteiger partial charge in [0.1, 0.15) is 5.75 Å². The Morgan fingerprint density at radius 2 is 1.64 bits per heavy atom. The Labute approximate surface area is 147 Å². The van der Waals surface area contributed by atoms with Gasteiger partial charge in [0.05, 0.1) is 10.5 Å². The van der Waals surface area contributed by atoms with Gasteiger partial charge in [-0.25, -0.2) is 13.1 Å². The Morgan fingerprint density at radius 3 is 2.36 bits per heavy atom. The number of aromatic hydroxyl groups is 1. The van der Waals surface area contributed by atoms with Crippen LogP contribution in [0.25, 0.3) is 0 Å². The molecule has 134 valence electrons. The lowest BCUT2D eigenvalue weighted by Gasteiger charge is -2.11. The molecule has 0 aliphatic carbocycles. The van der Waals surface area contributed by atoms with Crippen molar-refractivity contribution in [2.75, 3.05) is 13.1 Å². The van der Waals surface area contributed by atoms with E-state index in [1.165, 1.54) is 6.07 Å². The molecule has 0 radical (unpaired) electrons. The van der Waals surface area contributed by atoms with Crippen LogP contribution in [0, 0.1) is 20.8 Å². The highest BCUT2D eigenvalue weighted by atomic mass is 32.2. The fraction of sp³-hybridized carbons (Fsp3) is 0.278. The van der Waals surface area contributed by atoms with Gasteiger partial charge in [-0.3, -0.25) is 4.79 Å². The molecule has 7 heteroatoms. The van der Waals surface area contributed by atoms with Gasteiger partial charge in [-0.05, 0) is 50.1 Å². The van der Waals surface area contributed by atoms with Crippen LogP contribution >= 0.6 is 0 Å². The van der Waals surface area contributed by atoms with Gasteiger partial charge < -0.3 is 10.4 Å². The van der Waals surface area contributed by atoms with Gasteiger partial charge in [-0.2, -0.15) is 0 Å². The number of hydrogen-bond donors (Lipinski definition) is 3. The van der Waals surface area contributed by atoms with Crippen LogP contribution in [0.1, 0.15) is 27.0 Å². The van der Waals surface area contributed by atoms with Crippen molar-refractivity contribution in [2.45, 2.75) is 25.7 Å². The Balaban J connectivity index is 1.95. The quantitative estimate of drug-likeness (QED) is 0.685. The summed E-state index contributed by atoms with van der Waals surface area (Å²) in [6, 6.07) is 9.94. The second-order valence-corrected chi connectivity index (χ2v) is 7.68. The highest BCUT2D eigenvalue weighted by Crippen LogP contribution is 2.18. The molecule has 25 heavy (non-hydrogen) atoms. The number of nitrogens with one attached hydrogen (secondary N) is 2. The number of benzene rings is 2. The Kier molecular flexibility index (Phi) is 5.81. The highest BCUT2D eigenvalue weighted by Gasteiger charge is 2.17. The van der Waals surface area contributed by atoms with Crippen LogP contribution in [0.2, 0.25) is 0 Å². The molecule has 2 aromatic rings. The maximum Gasteiger partial charge on any atom is 0.255 e. The normalized spacial score (nSPS) is 11.3. The van der Waals surface area contributed by atoms with Crippen LogP contribution in [0.4, 0.5) is 0 Å². The molecular weight excluding hydrogens is 340 g/mol. The second kappa shape index (κ2) is 7.67. The molecule has 0 atom stereocenters. The molecule has 0 aromatic heterocycles. The van der Waals surface area contributed by atoms with Crippen LogP contribution in [0.5, 0.6) is 5.75 Å². The molecule has 0 aliphatic heterocycles. The SMILES string of the molecule is Cc1ccc(O)c(C(=O)NCCNS(=O)(=O)c2cc(C)ccc2C)c1. The average Bonchev–Trinajstić information content (AvgIpc) is 2.55. The molecule has 6 nitrogen and oxygen atoms in total. The first kappa shape index (κ1) is 19.0. The topological polar surface area (TPSA) is 95.5 Å². The van der Waals surface area contributed by atoms with Gasteiger partial charge in [0.2, 0.25) is 10.0 Å². The predicted octanol–water partition coefficient (Wildman–Crippen LogP) is 2.03. The lowest BCUT2D eigenvalue weighted by Crippen LogP contribution is -2.35. The van der Waals surface area contributed by atoms with E-state index >= 15 is 0 Å². The highest BCUT2D eigenvalue weighted by molar-refractivity contribution is 7.89. The van der Waals surface area contributed by atoms with E-state index in [-0.39, 0.29) is 29.3 Å². The molecule has 0 aliphatic rings. The van der Waals surface area contributed by atoms with E-state index < -0.39 is 15.9 Å². The van der Waals surface area contributed by atoms with E-state index in [0.717, 1.165) is 11.1 Å². The molecule has 0 saturated heterocycles. The number of hydrogen-bond acceptors (Lipinski definition) is 4. The van der Waals surface area contributed by atoms with Gasteiger partial charge in [0.25, 0.3) is 5.91 Å². The summed E-state index contributed by atoms with van der Waals surface area (Å²) in [4.78, 5) is 12.3. The van der Waals surface area contributed by atoms with E-state index in [0.29, 0.717) is 5.56 Å². The second-order valence-electron chi connectivity index (χ2n) is 5.94. The van der Waals surface area contributed by atoms with E-state index in [4.69, 9.17) is 0 Å². The molecule has 3 N–H and O–H groups in total. The Hall–Kier alpha value is -2.38. The minimum Gasteiger partial charge on any atom is -0.507 e. The maximum atomic E-state index is 12.4. The number of carbonyl (C=O) groups excluding carboxylic acids is 1. The van der Waals surface area contributed by atoms with Crippen LogP contribution in [0.3, 0.4) is 0 Å². The third kappa shape index (κ3) is 4.80. The lowest BCUT2D eigenvalue weighted by molar-refractivity contribution is 0.0951. The summed E-state index contributed by atoms with van der Waals surface area (Å²) >= 11 is 0. The molecule has 1 amide bonds. The van der Waals surface area contributed by atoms with Crippen LogP contribution < -0.4 is 10.0 Å². The fourth-order valence-corrected chi connectivity index (χ4v) is 3.72. The third-order valence-electron chi connectivity index (χ3n) is 3.73. The molecular formula is C18H22N2O4S. The molecule has 0 spiro atoms. The summed E-state index contributed by atoms with van der Waals surface area (Å²) in [5.41, 5.74) is 2.52. The molecule has 0 heterocycles. The number of sulfonamides is 1. The maximum absolute atomic E-state index is 12.4. The van der Waals surface area contributed by atoms with E-state index in [9.17, 15) is 18.3 Å². The van der Waals surface area contributed by atoms with Crippen molar-refractivity contribution in [3.8, 4) is 5.75 Å². The minimum atomic E-state index is -3.64. The number of carbonyl (C=O) groups is 1. The first-order valence-corrected chi connectivity index (χ1v) is 9.34. The summed E-state index contributed by atoms with van der Waals surface area (Å²) in [6.45, 7) is 5.53. The summed E-state index contributed by atoms with van der Waals surface area (Å²) in [5, 5.41) is 12.3. The van der Waals surface area contributed by atoms with Crippen LogP contribution in [-0.4, -0.2) is 32.5 Å². The van der Waals surface area contributed by atoms with E-state index in [1.54, 1.807) is 31.2 Å². The van der Waals surface area contributed by atoms with Gasteiger partial charge in [0, 0.05) is 13.1 Å². The van der Waals surface area contributed by atoms with Crippen molar-refractivity contribution in [2.24, 2.45) is 0 Å². The molecule has 0 unspecified atom stereocenters. The first-order chi connectivity index (χ1) is 11.7. The van der Waals surface area contributed by atoms with Crippen LogP contribution in [0.15, 0.2) is 41.3 Å². The zero-order valence-electron chi connectivity index (χ0n) is 14.5. The Bertz CT molecular complexity index is 892. The molecule has 0 saturated carbocycles. The molecule has 2 aromatic carbocycles. The van der Waals surface area contributed by atoms with Gasteiger partial charge in [0.15, 0.2) is 0 Å². The lowest BCUT2D eigenvalue weighted by atomic mass is 10.1. The summed E-state index contributed by atoms with van der Waals surface area (Å²) in [5.74, 6) is -0.564. The van der Waals surface area contributed by atoms with Gasteiger partial charge in [-0.1, -0.05) is 23.8 Å². The number of amides is 1. The van der Waals surface area contributed by atoms with E-state index in [2.05, 4.69) is 10.0 Å². The van der Waals surface area contributed by atoms with E-state index in [1.807, 2.05) is 19.9 Å². The zero-order valence-corrected chi connectivity index (χ0v) is 15.3. The summed E-state index contributed by atoms with van der Waals surface area (Å²) in [6.07, 6.45) is 0. The summed E-state index contributed by atoms with van der Waals surface area (Å²) in [7, 11) is -3.64. The zero-order chi connectivity index (χ0) is 18.6. The fourth-order valence-electron chi connectivity index (χ4n) is 2.36. The molecule has 0 fully saturated rings. The summed E-state index contributed by atoms with van der Waals surface area (Å²) < 4.78 is 27.2. The number of rotatable bonds is 6. The predicted molar refractivity (Wildman–Crippen MR) is 96.3 cm³/mol. The third-order valence-corrected chi connectivity index (χ3v) is 5.34. The standard InChI is InChI=1S/C18H22N2O4S/c1-12-5-7-16(21)15(10-12)18(22)19-8-9-20-25(23,24)17-11-13(2)4-6-14(17)3/h4-7,10-11,20-21H,8-9H2,1-3H3,(H,19,22). The average molecular weight is 362 g/mol. The Morgan fingerprint density at radius 1 is 1.00 bits per heavy atom. The van der Waals surface area contributed by atoms with Crippen LogP contribution in [-0.2, 0) is 10.0 Å². The van der Waals surface area contributed by atoms with Crippen molar-refractivity contribution in [3.05, 3.63) is 58.7 Å². The number of phenols is 1. The minimum absolute atomic E-state index is 0.0496. The van der Waals surface area contributed by atoms with Crippen molar-refractivity contribution in [1.82, 2.24) is 10.0 Å². The first-order valence-electron chi connectivity index (χ1n) is 7.85. The largest absolute Gasteiger partial charge is 0.507 e. The van der Waals surface area contributed by atoms with Crippen molar-refractivity contribution >= 4 is 15.9 Å². The van der Waals surface area contributed by atoms with Crippen molar-refractivity contribution < 1.29 is 18.3 Å². The smallest absolute Gasteiger partial charge is 0.255 e. The number of aryl methyl sites for hydroxylation is 3. The monoisotopic (exact) mass is 362 g/mol. The van der Waals surface area contributed by atoms with Gasteiger partial charge in [-0.15, -0.1) is 0 Å². The van der Waals surface area contributed by atoms with Crippen molar-refractivity contribution in [1.29, 1.82) is 0 Å². The molecule has 2 rings (SSSR count). The van der Waals surface area contributed by atoms with Crippen molar-refractivity contribution in [3.63, 3.8) is 0 Å².